The Bertz CT molecular complexity index is 359. The Morgan fingerprint density at radius 1 is 1.57 bits per heavy atom. The van der Waals surface area contributed by atoms with E-state index >= 15 is 0 Å². The summed E-state index contributed by atoms with van der Waals surface area (Å²) in [6.07, 6.45) is 3.95. The summed E-state index contributed by atoms with van der Waals surface area (Å²) in [5.41, 5.74) is 13.0. The molecule has 1 aromatic rings. The highest BCUT2D eigenvalue weighted by Gasteiger charge is 2.04. The van der Waals surface area contributed by atoms with Gasteiger partial charge in [0.1, 0.15) is 0 Å². The van der Waals surface area contributed by atoms with Gasteiger partial charge in [0.25, 0.3) is 0 Å². The molecule has 1 aromatic heterocycles. The molecule has 3 nitrogen and oxygen atoms in total. The molecule has 0 saturated heterocycles. The lowest BCUT2D eigenvalue weighted by molar-refractivity contribution is 0.750. The van der Waals surface area contributed by atoms with Crippen LogP contribution >= 0.6 is 30.1 Å². The number of nitrogens with two attached hydrogens (primary N) is 2. The topological polar surface area (TPSA) is 64.9 Å². The van der Waals surface area contributed by atoms with Gasteiger partial charge in [0, 0.05) is 46.1 Å². The summed E-state index contributed by atoms with van der Waals surface area (Å²) in [5.74, 6) is 2.96. The molecular weight excluding hydrogens is 309 g/mol. The number of nitrogen functional groups attached to an aromatic ring is 1. The molecular formula is C9H10IN3S. The first-order chi connectivity index (χ1) is 6.74. The van der Waals surface area contributed by atoms with Crippen molar-refractivity contribution in [3.63, 3.8) is 0 Å². The largest absolute Gasteiger partial charge is 0.397 e. The van der Waals surface area contributed by atoms with E-state index in [0.717, 1.165) is 5.56 Å². The predicted molar refractivity (Wildman–Crippen MR) is 69.6 cm³/mol. The molecule has 1 atom stereocenters. The van der Waals surface area contributed by atoms with Gasteiger partial charge < -0.3 is 11.5 Å². The molecule has 0 aromatic carbocycles. The summed E-state index contributed by atoms with van der Waals surface area (Å²) in [6, 6.07) is 1.72. The van der Waals surface area contributed by atoms with E-state index in [9.17, 15) is 0 Å². The molecule has 0 bridgehead atoms. The quantitative estimate of drug-likeness (QED) is 0.647. The normalized spacial score (nSPS) is 11.6. The van der Waals surface area contributed by atoms with Crippen molar-refractivity contribution in [3.05, 3.63) is 24.0 Å². The van der Waals surface area contributed by atoms with Crippen LogP contribution in [0.4, 0.5) is 5.69 Å². The molecule has 4 N–H and O–H groups in total. The molecule has 0 spiro atoms. The monoisotopic (exact) mass is 319 g/mol. The summed E-state index contributed by atoms with van der Waals surface area (Å²) in [5, 5.41) is 2.89. The number of pyridine rings is 1. The van der Waals surface area contributed by atoms with E-state index in [1.165, 1.54) is 8.93 Å². The standard InChI is InChI=1S/C9H10IN3S/c10-14-3-1-2-9(12)7-4-8(11)6-13-5-7/h4-6,9H,2,11-12H2. The van der Waals surface area contributed by atoms with E-state index in [0.29, 0.717) is 12.1 Å². The van der Waals surface area contributed by atoms with E-state index < -0.39 is 0 Å². The second kappa shape index (κ2) is 6.11. The van der Waals surface area contributed by atoms with Gasteiger partial charge in [-0.3, -0.25) is 4.98 Å². The Kier molecular flexibility index (Phi) is 5.07. The van der Waals surface area contributed by atoms with Crippen LogP contribution in [0, 0.1) is 11.2 Å². The summed E-state index contributed by atoms with van der Waals surface area (Å²) >= 11 is 2.12. The van der Waals surface area contributed by atoms with Crippen molar-refractivity contribution < 1.29 is 0 Å². The molecule has 0 aliphatic rings. The molecule has 0 aliphatic heterocycles. The van der Waals surface area contributed by atoms with Crippen LogP contribution in [-0.4, -0.2) is 4.98 Å². The van der Waals surface area contributed by atoms with Crippen LogP contribution < -0.4 is 11.5 Å². The summed E-state index contributed by atoms with van der Waals surface area (Å²) in [6.45, 7) is 0. The summed E-state index contributed by atoms with van der Waals surface area (Å²) in [7, 11) is 1.45. The Balaban J connectivity index is 2.64. The SMILES string of the molecule is Nc1cncc(C(N)CC#CSI)c1. The highest BCUT2D eigenvalue weighted by Crippen LogP contribution is 2.15. The molecule has 1 heterocycles. The van der Waals surface area contributed by atoms with Crippen molar-refractivity contribution >= 4 is 35.8 Å². The fourth-order valence-electron chi connectivity index (χ4n) is 0.976. The molecule has 74 valence electrons. The average Bonchev–Trinajstić information content (AvgIpc) is 2.18. The maximum atomic E-state index is 5.89. The van der Waals surface area contributed by atoms with Crippen LogP contribution in [-0.2, 0) is 0 Å². The second-order valence-electron chi connectivity index (χ2n) is 2.72. The zero-order valence-corrected chi connectivity index (χ0v) is 10.4. The molecule has 0 amide bonds. The van der Waals surface area contributed by atoms with Crippen molar-refractivity contribution in [2.24, 2.45) is 5.73 Å². The van der Waals surface area contributed by atoms with Crippen molar-refractivity contribution in [2.45, 2.75) is 12.5 Å². The van der Waals surface area contributed by atoms with E-state index in [2.05, 4.69) is 37.4 Å². The first kappa shape index (κ1) is 11.6. The minimum Gasteiger partial charge on any atom is -0.397 e. The van der Waals surface area contributed by atoms with Crippen LogP contribution in [0.2, 0.25) is 0 Å². The van der Waals surface area contributed by atoms with E-state index in [4.69, 9.17) is 11.5 Å². The number of hydrogen-bond acceptors (Lipinski definition) is 4. The number of anilines is 1. The highest BCUT2D eigenvalue weighted by atomic mass is 127. The third kappa shape index (κ3) is 3.74. The number of nitrogens with zero attached hydrogens (tertiary/aromatic N) is 1. The summed E-state index contributed by atoms with van der Waals surface area (Å²) < 4.78 is 0. The molecule has 5 heteroatoms. The third-order valence-corrected chi connectivity index (χ3v) is 2.52. The molecule has 0 aliphatic carbocycles. The highest BCUT2D eigenvalue weighted by molar-refractivity contribution is 14.2. The van der Waals surface area contributed by atoms with Gasteiger partial charge in [-0.05, 0) is 25.8 Å². The van der Waals surface area contributed by atoms with Crippen LogP contribution in [0.15, 0.2) is 18.5 Å². The smallest absolute Gasteiger partial charge is 0.0503 e. The van der Waals surface area contributed by atoms with Gasteiger partial charge in [0.05, 0.1) is 5.69 Å². The van der Waals surface area contributed by atoms with Gasteiger partial charge in [-0.25, -0.2) is 0 Å². The van der Waals surface area contributed by atoms with Gasteiger partial charge in [0.15, 0.2) is 0 Å². The van der Waals surface area contributed by atoms with Crippen LogP contribution in [0.25, 0.3) is 0 Å². The van der Waals surface area contributed by atoms with Crippen LogP contribution in [0.5, 0.6) is 0 Å². The Hall–Kier alpha value is -0.450. The molecule has 0 radical (unpaired) electrons. The van der Waals surface area contributed by atoms with Gasteiger partial charge in [-0.15, -0.1) is 0 Å². The first-order valence-corrected chi connectivity index (χ1v) is 7.31. The van der Waals surface area contributed by atoms with E-state index in [1.54, 1.807) is 12.4 Å². The van der Waals surface area contributed by atoms with E-state index in [-0.39, 0.29) is 6.04 Å². The number of aromatic nitrogens is 1. The number of hydrogen-bond donors (Lipinski definition) is 2. The van der Waals surface area contributed by atoms with Gasteiger partial charge in [0.2, 0.25) is 0 Å². The molecule has 0 saturated carbocycles. The molecule has 14 heavy (non-hydrogen) atoms. The van der Waals surface area contributed by atoms with Crippen molar-refractivity contribution in [3.8, 4) is 11.2 Å². The fourth-order valence-corrected chi connectivity index (χ4v) is 1.58. The average molecular weight is 319 g/mol. The molecule has 0 fully saturated rings. The van der Waals surface area contributed by atoms with Gasteiger partial charge >= 0.3 is 0 Å². The first-order valence-electron chi connectivity index (χ1n) is 3.95. The van der Waals surface area contributed by atoms with Crippen molar-refractivity contribution in [2.75, 3.05) is 5.73 Å². The minimum absolute atomic E-state index is 0.109. The molecule has 1 rings (SSSR count). The lowest BCUT2D eigenvalue weighted by Crippen LogP contribution is -2.09. The second-order valence-corrected chi connectivity index (χ2v) is 4.40. The van der Waals surface area contributed by atoms with Crippen LogP contribution in [0.1, 0.15) is 18.0 Å². The Morgan fingerprint density at radius 2 is 2.36 bits per heavy atom. The van der Waals surface area contributed by atoms with Crippen molar-refractivity contribution in [1.29, 1.82) is 0 Å². The van der Waals surface area contributed by atoms with Gasteiger partial charge in [-0.1, -0.05) is 5.92 Å². The Labute approximate surface area is 99.6 Å². The predicted octanol–water partition coefficient (Wildman–Crippen LogP) is 2.10. The Morgan fingerprint density at radius 3 is 3.00 bits per heavy atom. The van der Waals surface area contributed by atoms with Crippen LogP contribution in [0.3, 0.4) is 0 Å². The summed E-state index contributed by atoms with van der Waals surface area (Å²) in [4.78, 5) is 3.97. The third-order valence-electron chi connectivity index (χ3n) is 1.64. The van der Waals surface area contributed by atoms with Crippen molar-refractivity contribution in [1.82, 2.24) is 4.98 Å². The maximum absolute atomic E-state index is 5.89. The number of halogens is 1. The van der Waals surface area contributed by atoms with Gasteiger partial charge in [-0.2, -0.15) is 0 Å². The lowest BCUT2D eigenvalue weighted by Gasteiger charge is -2.07. The zero-order chi connectivity index (χ0) is 10.4. The zero-order valence-electron chi connectivity index (χ0n) is 7.40. The minimum atomic E-state index is -0.109. The number of rotatable bonds is 2. The van der Waals surface area contributed by atoms with E-state index in [1.807, 2.05) is 6.07 Å². The lowest BCUT2D eigenvalue weighted by atomic mass is 10.1. The fraction of sp³-hybridized carbons (Fsp3) is 0.222. The molecule has 1 unspecified atom stereocenters. The maximum Gasteiger partial charge on any atom is 0.0503 e.